The molecule has 0 radical (unpaired) electrons. The molecule has 0 saturated carbocycles. The number of nitrogens with one attached hydrogen (secondary N) is 1. The van der Waals surface area contributed by atoms with Crippen LogP contribution >= 0.6 is 7.82 Å². The lowest BCUT2D eigenvalue weighted by atomic mass is 9.78. The molecule has 2 aliphatic rings. The molecule has 1 aliphatic heterocycles. The first-order valence-electron chi connectivity index (χ1n) is 13.9. The number of allylic oxidation sites excluding steroid dienone is 3. The molecule has 1 atom stereocenters. The van der Waals surface area contributed by atoms with E-state index in [1.165, 1.54) is 25.1 Å². The molecule has 242 valence electrons. The highest BCUT2D eigenvalue weighted by atomic mass is 31.2. The van der Waals surface area contributed by atoms with Crippen LogP contribution in [-0.2, 0) is 9.09 Å². The van der Waals surface area contributed by atoms with Gasteiger partial charge in [0.15, 0.2) is 17.4 Å². The van der Waals surface area contributed by atoms with Crippen molar-refractivity contribution < 1.29 is 51.9 Å². The molecule has 0 saturated heterocycles. The van der Waals surface area contributed by atoms with Gasteiger partial charge in [0.25, 0.3) is 5.91 Å². The fourth-order valence-corrected chi connectivity index (χ4v) is 5.57. The average Bonchev–Trinajstić information content (AvgIpc) is 2.98. The van der Waals surface area contributed by atoms with Crippen molar-refractivity contribution in [1.82, 2.24) is 5.32 Å². The van der Waals surface area contributed by atoms with Gasteiger partial charge in [-0.05, 0) is 73.6 Å². The van der Waals surface area contributed by atoms with Crippen molar-refractivity contribution in [3.8, 4) is 28.2 Å². The van der Waals surface area contributed by atoms with Crippen LogP contribution in [0.5, 0.6) is 5.75 Å². The lowest BCUT2D eigenvalue weighted by Crippen LogP contribution is -2.29. The summed E-state index contributed by atoms with van der Waals surface area (Å²) in [4.78, 5) is 55.7. The predicted octanol–water partition coefficient (Wildman–Crippen LogP) is 6.35. The number of fused-ring (bicyclic) bond motifs is 2. The van der Waals surface area contributed by atoms with Crippen molar-refractivity contribution in [2.45, 2.75) is 33.1 Å². The normalized spacial score (nSPS) is 13.4. The third-order valence-corrected chi connectivity index (χ3v) is 8.25. The highest BCUT2D eigenvalue weighted by Crippen LogP contribution is 2.43. The van der Waals surface area contributed by atoms with Gasteiger partial charge in [-0.15, -0.1) is 6.58 Å². The standard InChI is InChI=1S/C32H30F2NO10P/c1-4-32(5-2,9-8-17(3)45-46(41,42)43)10-11-35-30(38)18-6-7-19(31(39)40)20(12-18)29-21-13-23(33)25(36)15-27(21)44-28-16-26(37)24(34)14-22(28)29/h4,6-8,12-16,36H,1,5,9-11H2,2-3H3,(H,35,38)(H,39,40)(H2,41,42,43). The monoisotopic (exact) mass is 657 g/mol. The summed E-state index contributed by atoms with van der Waals surface area (Å²) in [6.45, 7) is 7.28. The maximum atomic E-state index is 14.6. The van der Waals surface area contributed by atoms with Gasteiger partial charge in [-0.3, -0.25) is 19.4 Å². The zero-order chi connectivity index (χ0) is 34.0. The minimum Gasteiger partial charge on any atom is -0.505 e. The maximum Gasteiger partial charge on any atom is 0.524 e. The zero-order valence-corrected chi connectivity index (χ0v) is 25.6. The van der Waals surface area contributed by atoms with Crippen molar-refractivity contribution in [3.05, 3.63) is 99.9 Å². The van der Waals surface area contributed by atoms with Crippen LogP contribution in [0.2, 0.25) is 0 Å². The summed E-state index contributed by atoms with van der Waals surface area (Å²) in [6.07, 6.45) is 4.44. The molecule has 0 spiro atoms. The number of halogens is 2. The summed E-state index contributed by atoms with van der Waals surface area (Å²) >= 11 is 0. The molecule has 5 N–H and O–H groups in total. The van der Waals surface area contributed by atoms with E-state index < -0.39 is 47.9 Å². The number of carbonyl (C=O) groups is 2. The third-order valence-electron chi connectivity index (χ3n) is 7.73. The van der Waals surface area contributed by atoms with E-state index >= 15 is 0 Å². The van der Waals surface area contributed by atoms with E-state index in [9.17, 15) is 37.9 Å². The number of hydrogen-bond donors (Lipinski definition) is 5. The molecule has 1 heterocycles. The number of aromatic carboxylic acids is 1. The number of carboxylic acids is 1. The van der Waals surface area contributed by atoms with E-state index in [0.717, 1.165) is 30.3 Å². The van der Waals surface area contributed by atoms with Crippen LogP contribution < -0.4 is 10.7 Å². The second-order valence-corrected chi connectivity index (χ2v) is 11.8. The summed E-state index contributed by atoms with van der Waals surface area (Å²) in [5, 5.41) is 22.7. The van der Waals surface area contributed by atoms with E-state index in [1.807, 2.05) is 6.92 Å². The van der Waals surface area contributed by atoms with Crippen LogP contribution in [0.15, 0.2) is 76.2 Å². The SMILES string of the molecule is C=CC(CC)(CC=C(C)OP(=O)(O)O)CCNC(=O)c1ccc(C(=O)O)c(-c2c3cc(F)c(=O)cc-3oc3cc(O)c(F)cc23)c1. The summed E-state index contributed by atoms with van der Waals surface area (Å²) in [5.74, 6) is -5.17. The first kappa shape index (κ1) is 34.0. The molecule has 0 bridgehead atoms. The molecule has 1 aliphatic carbocycles. The Hall–Kier alpha value is -4.84. The van der Waals surface area contributed by atoms with Gasteiger partial charge >= 0.3 is 13.8 Å². The summed E-state index contributed by atoms with van der Waals surface area (Å²) in [7, 11) is -4.72. The Morgan fingerprint density at radius 2 is 1.83 bits per heavy atom. The number of phosphoric acid groups is 1. The molecule has 4 rings (SSSR count). The number of phenols is 1. The van der Waals surface area contributed by atoms with Gasteiger partial charge < -0.3 is 24.5 Å². The molecular weight excluding hydrogens is 627 g/mol. The minimum atomic E-state index is -4.72. The van der Waals surface area contributed by atoms with E-state index in [-0.39, 0.29) is 56.9 Å². The Morgan fingerprint density at radius 3 is 2.46 bits per heavy atom. The number of amides is 1. The lowest BCUT2D eigenvalue weighted by Gasteiger charge is -2.28. The topological polar surface area (TPSA) is 184 Å². The second kappa shape index (κ2) is 13.3. The fourth-order valence-electron chi connectivity index (χ4n) is 5.12. The largest absolute Gasteiger partial charge is 0.524 e. The van der Waals surface area contributed by atoms with Crippen molar-refractivity contribution in [2.24, 2.45) is 5.41 Å². The fraction of sp³-hybridized carbons (Fsp3) is 0.219. The lowest BCUT2D eigenvalue weighted by molar-refractivity contribution is 0.0697. The first-order chi connectivity index (χ1) is 21.6. The number of carbonyl (C=O) groups excluding carboxylic acids is 1. The molecule has 2 aromatic carbocycles. The van der Waals surface area contributed by atoms with Crippen LogP contribution in [0.1, 0.15) is 53.8 Å². The van der Waals surface area contributed by atoms with Crippen molar-refractivity contribution >= 4 is 30.7 Å². The number of benzene rings is 3. The Balaban J connectivity index is 1.73. The van der Waals surface area contributed by atoms with Crippen molar-refractivity contribution in [2.75, 3.05) is 6.54 Å². The molecule has 46 heavy (non-hydrogen) atoms. The van der Waals surface area contributed by atoms with E-state index in [0.29, 0.717) is 19.3 Å². The highest BCUT2D eigenvalue weighted by Gasteiger charge is 2.27. The Kier molecular flexibility index (Phi) is 9.81. The summed E-state index contributed by atoms with van der Waals surface area (Å²) < 4.78 is 50.4. The van der Waals surface area contributed by atoms with Gasteiger partial charge in [-0.2, -0.15) is 0 Å². The summed E-state index contributed by atoms with van der Waals surface area (Å²) in [6, 6.07) is 7.18. The van der Waals surface area contributed by atoms with Gasteiger partial charge in [0.05, 0.1) is 5.56 Å². The van der Waals surface area contributed by atoms with Crippen LogP contribution in [0.4, 0.5) is 8.78 Å². The highest BCUT2D eigenvalue weighted by molar-refractivity contribution is 7.46. The number of phenolic OH excluding ortho intramolecular Hbond substituents is 1. The predicted molar refractivity (Wildman–Crippen MR) is 164 cm³/mol. The Bertz CT molecular complexity index is 1960. The van der Waals surface area contributed by atoms with E-state index in [2.05, 4.69) is 16.4 Å². The van der Waals surface area contributed by atoms with Gasteiger partial charge in [-0.1, -0.05) is 13.0 Å². The first-order valence-corrected chi connectivity index (χ1v) is 15.4. The van der Waals surface area contributed by atoms with Gasteiger partial charge in [-0.25, -0.2) is 18.1 Å². The molecule has 11 nitrogen and oxygen atoms in total. The summed E-state index contributed by atoms with van der Waals surface area (Å²) in [5.41, 5.74) is -2.24. The maximum absolute atomic E-state index is 14.6. The molecule has 2 aromatic rings. The second-order valence-electron chi connectivity index (χ2n) is 10.6. The van der Waals surface area contributed by atoms with Crippen molar-refractivity contribution in [1.29, 1.82) is 0 Å². The van der Waals surface area contributed by atoms with Gasteiger partial charge in [0, 0.05) is 40.8 Å². The minimum absolute atomic E-state index is 0.00810. The smallest absolute Gasteiger partial charge is 0.505 e. The number of rotatable bonds is 12. The number of hydrogen-bond acceptors (Lipinski definition) is 7. The van der Waals surface area contributed by atoms with Gasteiger partial charge in [0.2, 0.25) is 5.43 Å². The van der Waals surface area contributed by atoms with E-state index in [4.69, 9.17) is 14.2 Å². The average molecular weight is 658 g/mol. The molecular formula is C32H30F2NO10P. The molecule has 1 unspecified atom stereocenters. The quantitative estimate of drug-likeness (QED) is 0.0498. The van der Waals surface area contributed by atoms with Crippen LogP contribution in [0.3, 0.4) is 0 Å². The Labute approximate surface area is 261 Å². The molecule has 0 fully saturated rings. The Morgan fingerprint density at radius 1 is 1.11 bits per heavy atom. The van der Waals surface area contributed by atoms with Crippen LogP contribution in [0.25, 0.3) is 33.4 Å². The zero-order valence-electron chi connectivity index (χ0n) is 24.7. The molecule has 1 amide bonds. The molecule has 0 aromatic heterocycles. The number of aromatic hydroxyl groups is 1. The van der Waals surface area contributed by atoms with E-state index in [1.54, 1.807) is 6.08 Å². The van der Waals surface area contributed by atoms with Gasteiger partial charge in [0.1, 0.15) is 17.1 Å². The number of phosphoric ester groups is 1. The van der Waals surface area contributed by atoms with Crippen LogP contribution in [0, 0.1) is 17.0 Å². The number of carboxylic acid groups (broad SMARTS) is 1. The van der Waals surface area contributed by atoms with Crippen LogP contribution in [-0.4, -0.2) is 38.4 Å². The van der Waals surface area contributed by atoms with Crippen molar-refractivity contribution in [3.63, 3.8) is 0 Å². The third kappa shape index (κ3) is 7.34. The molecule has 14 heteroatoms.